The van der Waals surface area contributed by atoms with Gasteiger partial charge in [-0.3, -0.25) is 4.79 Å². The van der Waals surface area contributed by atoms with E-state index in [1.807, 2.05) is 6.92 Å². The zero-order chi connectivity index (χ0) is 14.4. The van der Waals surface area contributed by atoms with E-state index in [4.69, 9.17) is 10.2 Å². The second-order valence-electron chi connectivity index (χ2n) is 4.10. The van der Waals surface area contributed by atoms with Crippen LogP contribution in [-0.2, 0) is 11.2 Å². The van der Waals surface area contributed by atoms with E-state index in [1.54, 1.807) is 13.0 Å². The van der Waals surface area contributed by atoms with Crippen molar-refractivity contribution in [3.05, 3.63) is 23.0 Å². The Balaban J connectivity index is 2.63. The minimum absolute atomic E-state index is 0.0416. The lowest BCUT2D eigenvalue weighted by Gasteiger charge is -2.09. The minimum atomic E-state index is -1.47. The van der Waals surface area contributed by atoms with Crippen LogP contribution in [0.25, 0.3) is 0 Å². The quantitative estimate of drug-likeness (QED) is 0.664. The first kappa shape index (κ1) is 15.0. The van der Waals surface area contributed by atoms with Gasteiger partial charge < -0.3 is 15.5 Å². The molecule has 104 valence electrons. The first-order chi connectivity index (χ1) is 8.95. The maximum Gasteiger partial charge on any atom is 0.332 e. The molecule has 7 heteroatoms. The fourth-order valence-corrected chi connectivity index (χ4v) is 1.51. The van der Waals surface area contributed by atoms with E-state index in [0.717, 1.165) is 0 Å². The minimum Gasteiger partial charge on any atom is -0.479 e. The number of nitrogens with one attached hydrogen (secondary N) is 1. The molecule has 0 aliphatic rings. The Hall–Kier alpha value is -2.02. The van der Waals surface area contributed by atoms with Gasteiger partial charge in [0.15, 0.2) is 6.10 Å². The predicted molar refractivity (Wildman–Crippen MR) is 66.7 cm³/mol. The number of nitrogens with zero attached hydrogens (tertiary/aromatic N) is 2. The highest BCUT2D eigenvalue weighted by Gasteiger charge is 2.15. The van der Waals surface area contributed by atoms with Crippen LogP contribution in [-0.4, -0.2) is 44.9 Å². The number of aliphatic hydroxyl groups is 1. The molecule has 1 heterocycles. The van der Waals surface area contributed by atoms with Crippen molar-refractivity contribution in [3.63, 3.8) is 0 Å². The number of aliphatic carboxylic acids is 1. The maximum atomic E-state index is 11.9. The topological polar surface area (TPSA) is 112 Å². The monoisotopic (exact) mass is 267 g/mol. The fraction of sp³-hybridized carbons (Fsp3) is 0.500. The number of hydrogen-bond acceptors (Lipinski definition) is 5. The van der Waals surface area contributed by atoms with Gasteiger partial charge in [-0.2, -0.15) is 10.2 Å². The molecule has 0 bridgehead atoms. The summed E-state index contributed by atoms with van der Waals surface area (Å²) in [6, 6.07) is 1.63. The van der Waals surface area contributed by atoms with Gasteiger partial charge in [0, 0.05) is 13.0 Å². The van der Waals surface area contributed by atoms with Crippen LogP contribution < -0.4 is 5.32 Å². The van der Waals surface area contributed by atoms with E-state index in [2.05, 4.69) is 15.5 Å². The molecule has 0 radical (unpaired) electrons. The molecule has 7 nitrogen and oxygen atoms in total. The second kappa shape index (κ2) is 6.79. The highest BCUT2D eigenvalue weighted by molar-refractivity contribution is 5.95. The Morgan fingerprint density at radius 2 is 2.11 bits per heavy atom. The van der Waals surface area contributed by atoms with E-state index in [1.165, 1.54) is 0 Å². The summed E-state index contributed by atoms with van der Waals surface area (Å²) in [7, 11) is 0. The van der Waals surface area contributed by atoms with Gasteiger partial charge in [-0.05, 0) is 19.4 Å². The van der Waals surface area contributed by atoms with Crippen LogP contribution in [0.2, 0.25) is 0 Å². The number of aryl methyl sites for hydroxylation is 2. The lowest BCUT2D eigenvalue weighted by Crippen LogP contribution is -2.30. The van der Waals surface area contributed by atoms with E-state index in [-0.39, 0.29) is 18.9 Å². The van der Waals surface area contributed by atoms with Gasteiger partial charge >= 0.3 is 5.97 Å². The molecular weight excluding hydrogens is 250 g/mol. The molecule has 1 amide bonds. The second-order valence-corrected chi connectivity index (χ2v) is 4.10. The molecule has 1 rings (SSSR count). The van der Waals surface area contributed by atoms with Crippen molar-refractivity contribution >= 4 is 11.9 Å². The van der Waals surface area contributed by atoms with Gasteiger partial charge in [0.2, 0.25) is 0 Å². The standard InChI is InChI=1S/C12H17N3O4/c1-3-9-8(6-7(2)14-15-9)11(17)13-5-4-10(16)12(18)19/h6,10,16H,3-5H2,1-2H3,(H,13,17)(H,18,19). The molecular formula is C12H17N3O4. The molecule has 0 aliphatic heterocycles. The molecule has 1 aromatic heterocycles. The summed E-state index contributed by atoms with van der Waals surface area (Å²) in [4.78, 5) is 22.3. The van der Waals surface area contributed by atoms with Crippen molar-refractivity contribution < 1.29 is 19.8 Å². The average Bonchev–Trinajstić information content (AvgIpc) is 2.38. The zero-order valence-electron chi connectivity index (χ0n) is 10.9. The summed E-state index contributed by atoms with van der Waals surface area (Å²) in [6.07, 6.45) is -0.934. The van der Waals surface area contributed by atoms with Gasteiger partial charge in [-0.15, -0.1) is 0 Å². The van der Waals surface area contributed by atoms with Crippen molar-refractivity contribution in [2.45, 2.75) is 32.8 Å². The molecule has 0 fully saturated rings. The Morgan fingerprint density at radius 3 is 2.68 bits per heavy atom. The average molecular weight is 267 g/mol. The number of carbonyl (C=O) groups is 2. The molecule has 1 atom stereocenters. The van der Waals surface area contributed by atoms with Crippen LogP contribution in [0.3, 0.4) is 0 Å². The van der Waals surface area contributed by atoms with Crippen LogP contribution in [0.4, 0.5) is 0 Å². The highest BCUT2D eigenvalue weighted by atomic mass is 16.4. The van der Waals surface area contributed by atoms with Gasteiger partial charge in [-0.1, -0.05) is 6.92 Å². The fourth-order valence-electron chi connectivity index (χ4n) is 1.51. The van der Waals surface area contributed by atoms with Gasteiger partial charge in [0.25, 0.3) is 5.91 Å². The van der Waals surface area contributed by atoms with E-state index < -0.39 is 12.1 Å². The van der Waals surface area contributed by atoms with Gasteiger partial charge in [0.1, 0.15) is 0 Å². The van der Waals surface area contributed by atoms with Crippen molar-refractivity contribution in [1.82, 2.24) is 15.5 Å². The summed E-state index contributed by atoms with van der Waals surface area (Å²) >= 11 is 0. The normalized spacial score (nSPS) is 11.9. The Bertz CT molecular complexity index is 476. The largest absolute Gasteiger partial charge is 0.479 e. The molecule has 1 unspecified atom stereocenters. The number of carbonyl (C=O) groups excluding carboxylic acids is 1. The summed E-state index contributed by atoms with van der Waals surface area (Å²) in [6.45, 7) is 3.68. The first-order valence-corrected chi connectivity index (χ1v) is 5.98. The Morgan fingerprint density at radius 1 is 1.42 bits per heavy atom. The lowest BCUT2D eigenvalue weighted by atomic mass is 10.1. The third-order valence-corrected chi connectivity index (χ3v) is 2.56. The summed E-state index contributed by atoms with van der Waals surface area (Å²) in [5.41, 5.74) is 1.65. The highest BCUT2D eigenvalue weighted by Crippen LogP contribution is 2.07. The van der Waals surface area contributed by atoms with Crippen molar-refractivity contribution in [2.24, 2.45) is 0 Å². The number of aromatic nitrogens is 2. The van der Waals surface area contributed by atoms with Crippen LogP contribution >= 0.6 is 0 Å². The van der Waals surface area contributed by atoms with Gasteiger partial charge in [0.05, 0.1) is 17.0 Å². The molecule has 0 spiro atoms. The third kappa shape index (κ3) is 4.29. The number of carboxylic acids is 1. The van der Waals surface area contributed by atoms with Crippen LogP contribution in [0, 0.1) is 6.92 Å². The summed E-state index contributed by atoms with van der Waals surface area (Å²) in [5, 5.41) is 28.0. The van der Waals surface area contributed by atoms with E-state index in [9.17, 15) is 9.59 Å². The molecule has 0 aromatic carbocycles. The number of carboxylic acid groups (broad SMARTS) is 1. The van der Waals surface area contributed by atoms with Crippen LogP contribution in [0.5, 0.6) is 0 Å². The SMILES string of the molecule is CCc1nnc(C)cc1C(=O)NCCC(O)C(=O)O. The lowest BCUT2D eigenvalue weighted by molar-refractivity contribution is -0.146. The van der Waals surface area contributed by atoms with Crippen LogP contribution in [0.15, 0.2) is 6.07 Å². The molecule has 0 aliphatic carbocycles. The van der Waals surface area contributed by atoms with E-state index >= 15 is 0 Å². The molecule has 1 aromatic rings. The number of aliphatic hydroxyl groups excluding tert-OH is 1. The predicted octanol–water partition coefficient (Wildman–Crippen LogP) is -0.0872. The number of amides is 1. The van der Waals surface area contributed by atoms with Gasteiger partial charge in [-0.25, -0.2) is 4.79 Å². The number of hydrogen-bond donors (Lipinski definition) is 3. The summed E-state index contributed by atoms with van der Waals surface area (Å²) in [5.74, 6) is -1.64. The smallest absolute Gasteiger partial charge is 0.332 e. The van der Waals surface area contributed by atoms with Crippen LogP contribution in [0.1, 0.15) is 35.1 Å². The van der Waals surface area contributed by atoms with E-state index in [0.29, 0.717) is 23.4 Å². The van der Waals surface area contributed by atoms with Crippen molar-refractivity contribution in [3.8, 4) is 0 Å². The maximum absolute atomic E-state index is 11.9. The first-order valence-electron chi connectivity index (χ1n) is 5.98. The summed E-state index contributed by atoms with van der Waals surface area (Å²) < 4.78 is 0. The third-order valence-electron chi connectivity index (χ3n) is 2.56. The Labute approximate surface area is 110 Å². The zero-order valence-corrected chi connectivity index (χ0v) is 10.9. The molecule has 0 saturated heterocycles. The molecule has 19 heavy (non-hydrogen) atoms. The van der Waals surface area contributed by atoms with Crippen molar-refractivity contribution in [2.75, 3.05) is 6.54 Å². The Kier molecular flexibility index (Phi) is 5.37. The number of rotatable bonds is 6. The van der Waals surface area contributed by atoms with Crippen molar-refractivity contribution in [1.29, 1.82) is 0 Å². The molecule has 0 saturated carbocycles. The molecule has 3 N–H and O–H groups in total.